The number of benzene rings is 1. The lowest BCUT2D eigenvalue weighted by Gasteiger charge is -2.15. The molecule has 2 atom stereocenters. The number of carbonyl (C=O) groups is 2. The molecule has 1 aromatic rings. The minimum atomic E-state index is -0.946. The van der Waals surface area contributed by atoms with Crippen molar-refractivity contribution in [3.8, 4) is 0 Å². The standard InChI is InChI=1S/C14H17NO4/c16-13(12-7-4-8-19-12)15-9-11(14(17)18)10-5-2-1-3-6-10/h1-3,5-6,11-12H,4,7-9H2,(H,15,16)(H,17,18). The minimum absolute atomic E-state index is 0.0814. The highest BCUT2D eigenvalue weighted by molar-refractivity contribution is 5.82. The first-order chi connectivity index (χ1) is 9.18. The summed E-state index contributed by atoms with van der Waals surface area (Å²) in [6.07, 6.45) is 1.15. The lowest BCUT2D eigenvalue weighted by Crippen LogP contribution is -2.38. The monoisotopic (exact) mass is 263 g/mol. The first-order valence-corrected chi connectivity index (χ1v) is 6.35. The van der Waals surface area contributed by atoms with Crippen molar-refractivity contribution in [3.63, 3.8) is 0 Å². The SMILES string of the molecule is O=C(NCC(C(=O)O)c1ccccc1)C1CCCO1. The van der Waals surface area contributed by atoms with E-state index in [0.29, 0.717) is 18.6 Å². The molecule has 1 saturated heterocycles. The van der Waals surface area contributed by atoms with Crippen LogP contribution in [0.15, 0.2) is 30.3 Å². The zero-order chi connectivity index (χ0) is 13.7. The molecule has 5 nitrogen and oxygen atoms in total. The van der Waals surface area contributed by atoms with Gasteiger partial charge in [-0.3, -0.25) is 9.59 Å². The van der Waals surface area contributed by atoms with E-state index in [1.807, 2.05) is 6.07 Å². The number of carboxylic acid groups (broad SMARTS) is 1. The van der Waals surface area contributed by atoms with Gasteiger partial charge >= 0.3 is 5.97 Å². The molecule has 1 heterocycles. The smallest absolute Gasteiger partial charge is 0.312 e. The maximum Gasteiger partial charge on any atom is 0.312 e. The normalized spacial score (nSPS) is 19.9. The summed E-state index contributed by atoms with van der Waals surface area (Å²) in [4.78, 5) is 23.0. The molecule has 0 aromatic heterocycles. The number of hydrogen-bond acceptors (Lipinski definition) is 3. The topological polar surface area (TPSA) is 75.6 Å². The van der Waals surface area contributed by atoms with Crippen LogP contribution in [0.3, 0.4) is 0 Å². The van der Waals surface area contributed by atoms with E-state index < -0.39 is 18.0 Å². The maximum atomic E-state index is 11.8. The molecular formula is C14H17NO4. The van der Waals surface area contributed by atoms with Gasteiger partial charge in [-0.25, -0.2) is 0 Å². The summed E-state index contributed by atoms with van der Waals surface area (Å²) in [5, 5.41) is 11.9. The summed E-state index contributed by atoms with van der Waals surface area (Å²) >= 11 is 0. The zero-order valence-electron chi connectivity index (χ0n) is 10.5. The summed E-state index contributed by atoms with van der Waals surface area (Å²) < 4.78 is 5.25. The Morgan fingerprint density at radius 3 is 2.68 bits per heavy atom. The Bertz CT molecular complexity index is 440. The van der Waals surface area contributed by atoms with Crippen molar-refractivity contribution in [2.24, 2.45) is 0 Å². The molecule has 5 heteroatoms. The largest absolute Gasteiger partial charge is 0.481 e. The van der Waals surface area contributed by atoms with Gasteiger partial charge < -0.3 is 15.2 Å². The Morgan fingerprint density at radius 1 is 1.37 bits per heavy atom. The Balaban J connectivity index is 1.94. The number of rotatable bonds is 5. The van der Waals surface area contributed by atoms with Crippen molar-refractivity contribution < 1.29 is 19.4 Å². The second kappa shape index (κ2) is 6.33. The summed E-state index contributed by atoms with van der Waals surface area (Å²) in [6, 6.07) is 8.89. The molecule has 0 bridgehead atoms. The van der Waals surface area contributed by atoms with Crippen LogP contribution in [0.25, 0.3) is 0 Å². The molecule has 1 aromatic carbocycles. The summed E-state index contributed by atoms with van der Waals surface area (Å²) in [6.45, 7) is 0.678. The summed E-state index contributed by atoms with van der Waals surface area (Å²) in [5.74, 6) is -1.90. The highest BCUT2D eigenvalue weighted by Gasteiger charge is 2.26. The number of aliphatic carboxylic acids is 1. The number of carbonyl (C=O) groups excluding carboxylic acids is 1. The molecule has 1 amide bonds. The first kappa shape index (κ1) is 13.5. The summed E-state index contributed by atoms with van der Waals surface area (Å²) in [7, 11) is 0. The van der Waals surface area contributed by atoms with Crippen LogP contribution in [0.1, 0.15) is 24.3 Å². The first-order valence-electron chi connectivity index (χ1n) is 6.35. The number of hydrogen-bond donors (Lipinski definition) is 2. The van der Waals surface area contributed by atoms with Crippen molar-refractivity contribution in [1.29, 1.82) is 0 Å². The number of carboxylic acids is 1. The molecule has 0 spiro atoms. The van der Waals surface area contributed by atoms with Gasteiger partial charge in [-0.15, -0.1) is 0 Å². The van der Waals surface area contributed by atoms with Crippen molar-refractivity contribution in [3.05, 3.63) is 35.9 Å². The van der Waals surface area contributed by atoms with E-state index in [9.17, 15) is 14.7 Å². The van der Waals surface area contributed by atoms with Crippen LogP contribution in [0, 0.1) is 0 Å². The molecule has 1 fully saturated rings. The molecule has 1 aliphatic heterocycles. The van der Waals surface area contributed by atoms with Crippen LogP contribution in [0.4, 0.5) is 0 Å². The van der Waals surface area contributed by atoms with Crippen LogP contribution in [0.2, 0.25) is 0 Å². The van der Waals surface area contributed by atoms with Gasteiger partial charge in [0.05, 0.1) is 5.92 Å². The lowest BCUT2D eigenvalue weighted by atomic mass is 9.99. The molecule has 0 radical (unpaired) electrons. The molecule has 0 aliphatic carbocycles. The van der Waals surface area contributed by atoms with E-state index >= 15 is 0 Å². The van der Waals surface area contributed by atoms with E-state index in [-0.39, 0.29) is 12.5 Å². The minimum Gasteiger partial charge on any atom is -0.481 e. The second-order valence-corrected chi connectivity index (χ2v) is 4.55. The second-order valence-electron chi connectivity index (χ2n) is 4.55. The molecule has 2 rings (SSSR count). The Morgan fingerprint density at radius 2 is 2.11 bits per heavy atom. The number of nitrogens with one attached hydrogen (secondary N) is 1. The fourth-order valence-corrected chi connectivity index (χ4v) is 2.13. The predicted octanol–water partition coefficient (Wildman–Crippen LogP) is 1.15. The van der Waals surface area contributed by atoms with Crippen LogP contribution in [-0.4, -0.2) is 36.2 Å². The van der Waals surface area contributed by atoms with Gasteiger partial charge in [0, 0.05) is 13.2 Å². The number of amides is 1. The van der Waals surface area contributed by atoms with Crippen LogP contribution < -0.4 is 5.32 Å². The van der Waals surface area contributed by atoms with E-state index in [1.165, 1.54) is 0 Å². The average molecular weight is 263 g/mol. The molecule has 2 N–H and O–H groups in total. The predicted molar refractivity (Wildman–Crippen MR) is 68.8 cm³/mol. The number of ether oxygens (including phenoxy) is 1. The Labute approximate surface area is 111 Å². The van der Waals surface area contributed by atoms with Crippen LogP contribution in [-0.2, 0) is 14.3 Å². The molecule has 0 saturated carbocycles. The van der Waals surface area contributed by atoms with Gasteiger partial charge in [-0.1, -0.05) is 30.3 Å². The van der Waals surface area contributed by atoms with E-state index in [4.69, 9.17) is 4.74 Å². The fraction of sp³-hybridized carbons (Fsp3) is 0.429. The lowest BCUT2D eigenvalue weighted by molar-refractivity contribution is -0.139. The van der Waals surface area contributed by atoms with Crippen LogP contribution in [0.5, 0.6) is 0 Å². The third-order valence-electron chi connectivity index (χ3n) is 3.20. The van der Waals surface area contributed by atoms with Crippen molar-refractivity contribution in [2.75, 3.05) is 13.2 Å². The third kappa shape index (κ3) is 3.54. The Kier molecular flexibility index (Phi) is 4.52. The Hall–Kier alpha value is -1.88. The fourth-order valence-electron chi connectivity index (χ4n) is 2.13. The van der Waals surface area contributed by atoms with Gasteiger partial charge in [0.15, 0.2) is 0 Å². The van der Waals surface area contributed by atoms with Gasteiger partial charge in [-0.05, 0) is 18.4 Å². The molecular weight excluding hydrogens is 246 g/mol. The summed E-state index contributed by atoms with van der Waals surface area (Å²) in [5.41, 5.74) is 0.683. The van der Waals surface area contributed by atoms with Crippen molar-refractivity contribution >= 4 is 11.9 Å². The van der Waals surface area contributed by atoms with E-state index in [0.717, 1.165) is 6.42 Å². The highest BCUT2D eigenvalue weighted by atomic mass is 16.5. The van der Waals surface area contributed by atoms with Gasteiger partial charge in [0.25, 0.3) is 0 Å². The van der Waals surface area contributed by atoms with Gasteiger partial charge in [-0.2, -0.15) is 0 Å². The van der Waals surface area contributed by atoms with E-state index in [2.05, 4.69) is 5.32 Å². The molecule has 2 unspecified atom stereocenters. The average Bonchev–Trinajstić information content (AvgIpc) is 2.93. The third-order valence-corrected chi connectivity index (χ3v) is 3.20. The van der Waals surface area contributed by atoms with Crippen molar-refractivity contribution in [1.82, 2.24) is 5.32 Å². The molecule has 102 valence electrons. The molecule has 1 aliphatic rings. The van der Waals surface area contributed by atoms with Crippen LogP contribution >= 0.6 is 0 Å². The quantitative estimate of drug-likeness (QED) is 0.835. The zero-order valence-corrected chi connectivity index (χ0v) is 10.5. The van der Waals surface area contributed by atoms with E-state index in [1.54, 1.807) is 24.3 Å². The van der Waals surface area contributed by atoms with Gasteiger partial charge in [0.2, 0.25) is 5.91 Å². The maximum absolute atomic E-state index is 11.8. The highest BCUT2D eigenvalue weighted by Crippen LogP contribution is 2.16. The molecule has 19 heavy (non-hydrogen) atoms. The van der Waals surface area contributed by atoms with Crippen molar-refractivity contribution in [2.45, 2.75) is 24.9 Å². The van der Waals surface area contributed by atoms with Gasteiger partial charge in [0.1, 0.15) is 6.10 Å².